The number of nitrogens with zero attached hydrogens (tertiary/aromatic N) is 5. The van der Waals surface area contributed by atoms with Gasteiger partial charge in [0, 0.05) is 56.4 Å². The van der Waals surface area contributed by atoms with Gasteiger partial charge in [-0.05, 0) is 23.8 Å². The van der Waals surface area contributed by atoms with Gasteiger partial charge < -0.3 is 19.6 Å². The number of piperazine rings is 1. The number of carbonyl (C=O) groups is 1. The van der Waals surface area contributed by atoms with E-state index in [1.165, 1.54) is 6.08 Å². The Kier molecular flexibility index (Phi) is 6.22. The summed E-state index contributed by atoms with van der Waals surface area (Å²) in [6, 6.07) is 3.47. The number of carbonyl (C=O) groups excluding carboxylic acids is 1. The zero-order valence-corrected chi connectivity index (χ0v) is 18.7. The summed E-state index contributed by atoms with van der Waals surface area (Å²) < 4.78 is 5.34. The minimum absolute atomic E-state index is 0.00636. The molecule has 4 rings (SSSR count). The summed E-state index contributed by atoms with van der Waals surface area (Å²) in [5.41, 5.74) is 2.73. The van der Waals surface area contributed by atoms with Crippen LogP contribution in [0.25, 0.3) is 0 Å². The van der Waals surface area contributed by atoms with Gasteiger partial charge in [-0.25, -0.2) is 0 Å². The molecule has 1 aromatic carbocycles. The van der Waals surface area contributed by atoms with Crippen LogP contribution in [-0.4, -0.2) is 64.1 Å². The molecule has 0 bridgehead atoms. The molecule has 1 fully saturated rings. The third-order valence-electron chi connectivity index (χ3n) is 5.56. The lowest BCUT2D eigenvalue weighted by Crippen LogP contribution is -2.48. The Morgan fingerprint density at radius 2 is 1.94 bits per heavy atom. The first-order valence-corrected chi connectivity index (χ1v) is 10.6. The molecule has 0 spiro atoms. The lowest BCUT2D eigenvalue weighted by atomic mass is 10.2. The smallest absolute Gasteiger partial charge is 0.318 e. The molecule has 8 nitrogen and oxygen atoms in total. The van der Waals surface area contributed by atoms with Crippen LogP contribution in [0, 0.1) is 0 Å². The molecule has 2 aromatic rings. The van der Waals surface area contributed by atoms with Gasteiger partial charge in [-0.2, -0.15) is 9.97 Å². The number of anilines is 1. The summed E-state index contributed by atoms with van der Waals surface area (Å²) in [5, 5.41) is 10.7. The number of aromatic hydroxyl groups is 1. The number of amides is 1. The van der Waals surface area contributed by atoms with Crippen LogP contribution in [0.5, 0.6) is 11.8 Å². The number of methoxy groups -OCH3 is 1. The van der Waals surface area contributed by atoms with Crippen molar-refractivity contribution >= 4 is 34.9 Å². The van der Waals surface area contributed by atoms with Gasteiger partial charge in [0.1, 0.15) is 11.6 Å². The van der Waals surface area contributed by atoms with Crippen molar-refractivity contribution in [1.82, 2.24) is 19.8 Å². The molecule has 1 N–H and O–H groups in total. The Hall–Kier alpha value is -2.55. The second kappa shape index (κ2) is 8.90. The van der Waals surface area contributed by atoms with Gasteiger partial charge in [-0.3, -0.25) is 9.69 Å². The molecule has 10 heteroatoms. The predicted octanol–water partition coefficient (Wildman–Crippen LogP) is 2.85. The Morgan fingerprint density at radius 3 is 2.61 bits per heavy atom. The van der Waals surface area contributed by atoms with Crippen LogP contribution in [0.15, 0.2) is 24.8 Å². The molecule has 3 heterocycles. The van der Waals surface area contributed by atoms with Crippen molar-refractivity contribution in [1.29, 1.82) is 0 Å². The highest BCUT2D eigenvalue weighted by molar-refractivity contribution is 6.35. The molecular formula is C21H23Cl2N5O3. The number of phenols is 1. The molecule has 2 aliphatic rings. The number of fused-ring (bicyclic) bond motifs is 1. The standard InChI is InChI=1S/C21H23Cl2N5O3/c1-3-19(30)27-4-6-28(7-5-27)20-14-11-26(12-17(14)24-21(25-20)31-2)10-13-8-18(29)16(23)9-15(13)22/h3,8-9,29H,1,4-7,10-12H2,2H3. The van der Waals surface area contributed by atoms with Crippen LogP contribution in [-0.2, 0) is 24.4 Å². The van der Waals surface area contributed by atoms with Crippen molar-refractivity contribution in [2.45, 2.75) is 19.6 Å². The van der Waals surface area contributed by atoms with E-state index in [4.69, 9.17) is 27.9 Å². The minimum atomic E-state index is -0.0561. The number of ether oxygens (including phenoxy) is 1. The van der Waals surface area contributed by atoms with Crippen LogP contribution in [0.1, 0.15) is 16.8 Å². The van der Waals surface area contributed by atoms with Gasteiger partial charge in [-0.15, -0.1) is 0 Å². The summed E-state index contributed by atoms with van der Waals surface area (Å²) >= 11 is 12.3. The Labute approximate surface area is 190 Å². The number of halogens is 2. The van der Waals surface area contributed by atoms with Crippen LogP contribution in [0.3, 0.4) is 0 Å². The van der Waals surface area contributed by atoms with Crippen LogP contribution < -0.4 is 9.64 Å². The van der Waals surface area contributed by atoms with Crippen molar-refractivity contribution in [2.75, 3.05) is 38.2 Å². The van der Waals surface area contributed by atoms with Crippen molar-refractivity contribution in [3.8, 4) is 11.8 Å². The topological polar surface area (TPSA) is 82.0 Å². The maximum Gasteiger partial charge on any atom is 0.318 e. The first-order valence-electron chi connectivity index (χ1n) is 9.89. The SMILES string of the molecule is C=CC(=O)N1CCN(c2nc(OC)nc3c2CN(Cc2cc(O)c(Cl)cc2Cl)C3)CC1. The van der Waals surface area contributed by atoms with E-state index in [2.05, 4.69) is 26.3 Å². The third-order valence-corrected chi connectivity index (χ3v) is 6.22. The fourth-order valence-electron chi connectivity index (χ4n) is 3.95. The Morgan fingerprint density at radius 1 is 1.19 bits per heavy atom. The average molecular weight is 464 g/mol. The van der Waals surface area contributed by atoms with E-state index in [9.17, 15) is 9.90 Å². The minimum Gasteiger partial charge on any atom is -0.506 e. The summed E-state index contributed by atoms with van der Waals surface area (Å²) in [6.45, 7) is 7.89. The number of phenolic OH excluding ortho intramolecular Hbond substituents is 1. The first kappa shape index (κ1) is 21.7. The lowest BCUT2D eigenvalue weighted by Gasteiger charge is -2.35. The molecular weight excluding hydrogens is 441 g/mol. The molecule has 1 saturated heterocycles. The summed E-state index contributed by atoms with van der Waals surface area (Å²) in [4.78, 5) is 27.2. The second-order valence-corrected chi connectivity index (χ2v) is 8.33. The summed E-state index contributed by atoms with van der Waals surface area (Å²) in [6.07, 6.45) is 1.35. The highest BCUT2D eigenvalue weighted by Gasteiger charge is 2.30. The van der Waals surface area contributed by atoms with Gasteiger partial charge >= 0.3 is 6.01 Å². The molecule has 0 atom stereocenters. The summed E-state index contributed by atoms with van der Waals surface area (Å²) in [7, 11) is 1.55. The second-order valence-electron chi connectivity index (χ2n) is 7.52. The van der Waals surface area contributed by atoms with Crippen LogP contribution in [0.4, 0.5) is 5.82 Å². The lowest BCUT2D eigenvalue weighted by molar-refractivity contribution is -0.126. The van der Waals surface area contributed by atoms with Crippen LogP contribution in [0.2, 0.25) is 10.0 Å². The van der Waals surface area contributed by atoms with Gasteiger partial charge in [0.05, 0.1) is 17.8 Å². The molecule has 0 aliphatic carbocycles. The molecule has 0 unspecified atom stereocenters. The van der Waals surface area contributed by atoms with E-state index in [0.717, 1.165) is 22.6 Å². The Bertz CT molecular complexity index is 1020. The van der Waals surface area contributed by atoms with Crippen LogP contribution >= 0.6 is 23.2 Å². The van der Waals surface area contributed by atoms with Gasteiger partial charge in [-0.1, -0.05) is 29.8 Å². The van der Waals surface area contributed by atoms with E-state index < -0.39 is 0 Å². The highest BCUT2D eigenvalue weighted by atomic mass is 35.5. The number of hydrogen-bond donors (Lipinski definition) is 1. The summed E-state index contributed by atoms with van der Waals surface area (Å²) in [5.74, 6) is 0.784. The number of benzene rings is 1. The fraction of sp³-hybridized carbons (Fsp3) is 0.381. The van der Waals surface area contributed by atoms with E-state index in [0.29, 0.717) is 56.8 Å². The van der Waals surface area contributed by atoms with Crippen molar-refractivity contribution < 1.29 is 14.6 Å². The quantitative estimate of drug-likeness (QED) is 0.682. The monoisotopic (exact) mass is 463 g/mol. The van der Waals surface area contributed by atoms with Crippen molar-refractivity contribution in [3.05, 3.63) is 51.7 Å². The van der Waals surface area contributed by atoms with Gasteiger partial charge in [0.2, 0.25) is 5.91 Å². The third kappa shape index (κ3) is 4.42. The van der Waals surface area contributed by atoms with Gasteiger partial charge in [0.15, 0.2) is 0 Å². The number of aromatic nitrogens is 2. The zero-order chi connectivity index (χ0) is 22.1. The molecule has 0 radical (unpaired) electrons. The highest BCUT2D eigenvalue weighted by Crippen LogP contribution is 2.35. The molecule has 1 amide bonds. The zero-order valence-electron chi connectivity index (χ0n) is 17.1. The van der Waals surface area contributed by atoms with Crippen molar-refractivity contribution in [2.24, 2.45) is 0 Å². The van der Waals surface area contributed by atoms with E-state index in [-0.39, 0.29) is 16.7 Å². The van der Waals surface area contributed by atoms with Gasteiger partial charge in [0.25, 0.3) is 0 Å². The molecule has 164 valence electrons. The molecule has 2 aliphatic heterocycles. The first-order chi connectivity index (χ1) is 14.9. The number of hydrogen-bond acceptors (Lipinski definition) is 7. The maximum absolute atomic E-state index is 11.9. The predicted molar refractivity (Wildman–Crippen MR) is 119 cm³/mol. The average Bonchev–Trinajstić information content (AvgIpc) is 3.18. The molecule has 0 saturated carbocycles. The normalized spacial score (nSPS) is 16.4. The maximum atomic E-state index is 11.9. The fourth-order valence-corrected chi connectivity index (χ4v) is 4.40. The van der Waals surface area contributed by atoms with E-state index in [1.54, 1.807) is 24.1 Å². The number of rotatable bonds is 5. The largest absolute Gasteiger partial charge is 0.506 e. The van der Waals surface area contributed by atoms with E-state index in [1.807, 2.05) is 0 Å². The van der Waals surface area contributed by atoms with E-state index >= 15 is 0 Å². The molecule has 1 aromatic heterocycles. The molecule has 31 heavy (non-hydrogen) atoms. The van der Waals surface area contributed by atoms with Crippen molar-refractivity contribution in [3.63, 3.8) is 0 Å². The Balaban J connectivity index is 1.55.